The SMILES string of the molecule is CC(C)C(=O)OC[C@H]1O[C@H](Oc2ccc(-c3ccc(S(C)(=O)=O)cc3)cc2)[C@@H](OCc2ccccc2)[C@@H](OCc2ccccc2)[C@@H]1OCc1ccccc1. The number of ether oxygens (including phenoxy) is 6. The molecule has 0 aliphatic carbocycles. The molecule has 5 aromatic carbocycles. The summed E-state index contributed by atoms with van der Waals surface area (Å²) < 4.78 is 63.0. The lowest BCUT2D eigenvalue weighted by Gasteiger charge is -2.45. The zero-order chi connectivity index (χ0) is 37.9. The van der Waals surface area contributed by atoms with Crippen LogP contribution in [0, 0.1) is 5.92 Å². The van der Waals surface area contributed by atoms with Crippen molar-refractivity contribution in [1.82, 2.24) is 0 Å². The van der Waals surface area contributed by atoms with Crippen LogP contribution in [0.25, 0.3) is 11.1 Å². The van der Waals surface area contributed by atoms with Gasteiger partial charge in [-0.15, -0.1) is 0 Å². The first kappa shape index (κ1) is 38.9. The van der Waals surface area contributed by atoms with E-state index in [0.717, 1.165) is 27.8 Å². The molecule has 0 amide bonds. The van der Waals surface area contributed by atoms with Gasteiger partial charge in [0.2, 0.25) is 6.29 Å². The summed E-state index contributed by atoms with van der Waals surface area (Å²) in [5, 5.41) is 0. The second-order valence-electron chi connectivity index (χ2n) is 13.6. The number of benzene rings is 5. The van der Waals surface area contributed by atoms with Crippen molar-refractivity contribution in [3.8, 4) is 16.9 Å². The molecule has 1 heterocycles. The van der Waals surface area contributed by atoms with E-state index in [4.69, 9.17) is 28.4 Å². The minimum absolute atomic E-state index is 0.0880. The normalized spacial score (nSPS) is 20.0. The Hall–Kier alpha value is -4.84. The Bertz CT molecular complexity index is 2000. The largest absolute Gasteiger partial charge is 0.463 e. The molecule has 282 valence electrons. The lowest BCUT2D eigenvalue weighted by molar-refractivity contribution is -0.308. The molecule has 5 aromatic rings. The molecule has 0 bridgehead atoms. The summed E-state index contributed by atoms with van der Waals surface area (Å²) in [6.45, 7) is 4.25. The topological polar surface area (TPSA) is 107 Å². The molecular formula is C44H46O9S. The molecule has 0 N–H and O–H groups in total. The molecular weight excluding hydrogens is 705 g/mol. The number of carbonyl (C=O) groups is 1. The van der Waals surface area contributed by atoms with E-state index in [0.29, 0.717) is 5.75 Å². The molecule has 1 aliphatic rings. The Labute approximate surface area is 317 Å². The third-order valence-electron chi connectivity index (χ3n) is 9.03. The summed E-state index contributed by atoms with van der Waals surface area (Å²) in [6.07, 6.45) is -2.79. The van der Waals surface area contributed by atoms with Crippen LogP contribution in [0.2, 0.25) is 0 Å². The van der Waals surface area contributed by atoms with Gasteiger partial charge in [-0.2, -0.15) is 0 Å². The molecule has 0 unspecified atom stereocenters. The Morgan fingerprint density at radius 3 is 1.52 bits per heavy atom. The summed E-state index contributed by atoms with van der Waals surface area (Å²) in [4.78, 5) is 13.0. The van der Waals surface area contributed by atoms with Crippen molar-refractivity contribution in [3.63, 3.8) is 0 Å². The maximum atomic E-state index is 12.7. The van der Waals surface area contributed by atoms with E-state index in [1.165, 1.54) is 6.26 Å². The predicted octanol–water partition coefficient (Wildman–Crippen LogP) is 7.82. The second kappa shape index (κ2) is 18.5. The highest BCUT2D eigenvalue weighted by molar-refractivity contribution is 7.90. The smallest absolute Gasteiger partial charge is 0.308 e. The summed E-state index contributed by atoms with van der Waals surface area (Å²) in [7, 11) is -3.31. The number of hydrogen-bond donors (Lipinski definition) is 0. The Balaban J connectivity index is 1.32. The molecule has 1 aliphatic heterocycles. The molecule has 5 atom stereocenters. The van der Waals surface area contributed by atoms with Crippen molar-refractivity contribution in [1.29, 1.82) is 0 Å². The third kappa shape index (κ3) is 10.6. The Morgan fingerprint density at radius 2 is 1.06 bits per heavy atom. The van der Waals surface area contributed by atoms with Gasteiger partial charge in [0.05, 0.1) is 30.6 Å². The maximum absolute atomic E-state index is 12.7. The van der Waals surface area contributed by atoms with Crippen molar-refractivity contribution in [2.75, 3.05) is 12.9 Å². The molecule has 1 fully saturated rings. The summed E-state index contributed by atoms with van der Waals surface area (Å²) >= 11 is 0. The summed E-state index contributed by atoms with van der Waals surface area (Å²) in [5.74, 6) is -0.187. The maximum Gasteiger partial charge on any atom is 0.308 e. The van der Waals surface area contributed by atoms with Crippen LogP contribution in [0.1, 0.15) is 30.5 Å². The average Bonchev–Trinajstić information content (AvgIpc) is 3.19. The van der Waals surface area contributed by atoms with Gasteiger partial charge in [0.25, 0.3) is 0 Å². The molecule has 10 heteroatoms. The number of hydrogen-bond acceptors (Lipinski definition) is 9. The number of esters is 1. The fourth-order valence-electron chi connectivity index (χ4n) is 6.06. The Kier molecular flexibility index (Phi) is 13.3. The van der Waals surface area contributed by atoms with Crippen molar-refractivity contribution in [2.45, 2.75) is 69.3 Å². The molecule has 0 aromatic heterocycles. The second-order valence-corrected chi connectivity index (χ2v) is 15.6. The zero-order valence-corrected chi connectivity index (χ0v) is 31.5. The minimum atomic E-state index is -3.31. The highest BCUT2D eigenvalue weighted by Gasteiger charge is 2.50. The van der Waals surface area contributed by atoms with E-state index in [-0.39, 0.29) is 43.2 Å². The minimum Gasteiger partial charge on any atom is -0.463 e. The van der Waals surface area contributed by atoms with Crippen LogP contribution in [0.3, 0.4) is 0 Å². The molecule has 1 saturated heterocycles. The fraction of sp³-hybridized carbons (Fsp3) is 0.295. The highest BCUT2D eigenvalue weighted by atomic mass is 32.2. The van der Waals surface area contributed by atoms with Crippen LogP contribution >= 0.6 is 0 Å². The van der Waals surface area contributed by atoms with Gasteiger partial charge in [0.1, 0.15) is 36.8 Å². The first-order valence-electron chi connectivity index (χ1n) is 18.0. The predicted molar refractivity (Wildman–Crippen MR) is 205 cm³/mol. The first-order valence-corrected chi connectivity index (χ1v) is 19.9. The van der Waals surface area contributed by atoms with E-state index in [1.807, 2.05) is 115 Å². The first-order chi connectivity index (χ1) is 26.1. The van der Waals surface area contributed by atoms with Gasteiger partial charge in [0, 0.05) is 6.26 Å². The van der Waals surface area contributed by atoms with Crippen LogP contribution in [0.15, 0.2) is 144 Å². The molecule has 54 heavy (non-hydrogen) atoms. The van der Waals surface area contributed by atoms with Gasteiger partial charge in [-0.3, -0.25) is 4.79 Å². The van der Waals surface area contributed by atoms with Crippen molar-refractivity contribution in [3.05, 3.63) is 156 Å². The standard InChI is InChI=1S/C44H46O9S/c1-31(2)43(45)51-30-39-40(48-27-32-13-7-4-8-14-32)41(49-28-33-15-9-5-10-16-33)42(50-29-34-17-11-6-12-18-34)44(53-39)52-37-23-19-35(20-24-37)36-21-25-38(26-22-36)54(3,46)47/h4-26,31,39-42,44H,27-30H2,1-3H3/t39-,40-,41+,42+,44+/m1/s1. The van der Waals surface area contributed by atoms with E-state index in [2.05, 4.69) is 0 Å². The fourth-order valence-corrected chi connectivity index (χ4v) is 6.69. The van der Waals surface area contributed by atoms with Gasteiger partial charge in [0.15, 0.2) is 9.84 Å². The third-order valence-corrected chi connectivity index (χ3v) is 10.2. The van der Waals surface area contributed by atoms with Crippen molar-refractivity contribution >= 4 is 15.8 Å². The van der Waals surface area contributed by atoms with Crippen LogP contribution in [0.4, 0.5) is 0 Å². The van der Waals surface area contributed by atoms with E-state index in [9.17, 15) is 13.2 Å². The van der Waals surface area contributed by atoms with Crippen LogP contribution in [-0.2, 0) is 58.1 Å². The van der Waals surface area contributed by atoms with Gasteiger partial charge in [-0.1, -0.05) is 129 Å². The Morgan fingerprint density at radius 1 is 0.611 bits per heavy atom. The van der Waals surface area contributed by atoms with Gasteiger partial charge in [-0.25, -0.2) is 8.42 Å². The number of carbonyl (C=O) groups excluding carboxylic acids is 1. The average molecular weight is 751 g/mol. The van der Waals surface area contributed by atoms with Crippen LogP contribution in [-0.4, -0.2) is 58.0 Å². The summed E-state index contributed by atoms with van der Waals surface area (Å²) in [6, 6.07) is 43.7. The lowest BCUT2D eigenvalue weighted by Crippen LogP contribution is -2.62. The quantitative estimate of drug-likeness (QED) is 0.0934. The molecule has 0 radical (unpaired) electrons. The van der Waals surface area contributed by atoms with E-state index >= 15 is 0 Å². The summed E-state index contributed by atoms with van der Waals surface area (Å²) in [5.41, 5.74) is 4.61. The molecule has 0 saturated carbocycles. The lowest BCUT2D eigenvalue weighted by atomic mass is 9.97. The number of sulfone groups is 1. The van der Waals surface area contributed by atoms with E-state index < -0.39 is 40.5 Å². The van der Waals surface area contributed by atoms with Crippen molar-refractivity contribution in [2.24, 2.45) is 5.92 Å². The monoisotopic (exact) mass is 750 g/mol. The molecule has 0 spiro atoms. The van der Waals surface area contributed by atoms with Crippen LogP contribution < -0.4 is 4.74 Å². The van der Waals surface area contributed by atoms with Crippen molar-refractivity contribution < 1.29 is 41.6 Å². The highest BCUT2D eigenvalue weighted by Crippen LogP contribution is 2.33. The molecule has 6 rings (SSSR count). The molecule has 9 nitrogen and oxygen atoms in total. The zero-order valence-electron chi connectivity index (χ0n) is 30.7. The van der Waals surface area contributed by atoms with E-state index in [1.54, 1.807) is 38.1 Å². The van der Waals surface area contributed by atoms with Crippen LogP contribution in [0.5, 0.6) is 5.75 Å². The number of rotatable bonds is 16. The van der Waals surface area contributed by atoms with Gasteiger partial charge >= 0.3 is 5.97 Å². The van der Waals surface area contributed by atoms with Gasteiger partial charge < -0.3 is 28.4 Å². The van der Waals surface area contributed by atoms with Gasteiger partial charge in [-0.05, 0) is 52.1 Å².